The number of hydrogen-bond donors (Lipinski definition) is 1. The van der Waals surface area contributed by atoms with E-state index in [1.165, 1.54) is 12.8 Å². The quantitative estimate of drug-likeness (QED) is 0.694. The molecule has 1 atom stereocenters. The molecule has 1 aliphatic carbocycles. The largest absolute Gasteiger partial charge is 0.465 e. The summed E-state index contributed by atoms with van der Waals surface area (Å²) in [5.41, 5.74) is -0.610. The van der Waals surface area contributed by atoms with Crippen LogP contribution in [0, 0.1) is 0 Å². The molecule has 17 heavy (non-hydrogen) atoms. The summed E-state index contributed by atoms with van der Waals surface area (Å²) < 4.78 is 10.2. The number of carbonyl (C=O) groups excluding carboxylic acids is 1. The van der Waals surface area contributed by atoms with Gasteiger partial charge < -0.3 is 9.47 Å². The minimum absolute atomic E-state index is 0.163. The van der Waals surface area contributed by atoms with Gasteiger partial charge in [0.2, 0.25) is 0 Å². The molecule has 0 amide bonds. The molecule has 100 valence electrons. The molecular weight excluding hydrogens is 218 g/mol. The van der Waals surface area contributed by atoms with Crippen molar-refractivity contribution in [3.8, 4) is 0 Å². The second-order valence-electron chi connectivity index (χ2n) is 4.92. The van der Waals surface area contributed by atoms with Crippen LogP contribution in [0.4, 0.5) is 0 Å². The highest BCUT2D eigenvalue weighted by atomic mass is 16.5. The van der Waals surface area contributed by atoms with E-state index < -0.39 is 5.54 Å². The summed E-state index contributed by atoms with van der Waals surface area (Å²) in [6, 6.07) is 0.446. The van der Waals surface area contributed by atoms with Gasteiger partial charge in [-0.3, -0.25) is 10.1 Å². The standard InChI is InChI=1S/C13H25NO3/c1-4-17-12(15)13(2,9-10-16-3)14-11-7-5-6-8-11/h11,14H,4-10H2,1-3H3. The van der Waals surface area contributed by atoms with Gasteiger partial charge in [-0.05, 0) is 33.1 Å². The van der Waals surface area contributed by atoms with Gasteiger partial charge in [-0.1, -0.05) is 12.8 Å². The van der Waals surface area contributed by atoms with Crippen molar-refractivity contribution in [3.05, 3.63) is 0 Å². The predicted molar refractivity (Wildman–Crippen MR) is 66.9 cm³/mol. The van der Waals surface area contributed by atoms with E-state index in [1.807, 2.05) is 13.8 Å². The van der Waals surface area contributed by atoms with Crippen LogP contribution in [0.1, 0.15) is 46.0 Å². The van der Waals surface area contributed by atoms with Crippen molar-refractivity contribution in [2.75, 3.05) is 20.3 Å². The van der Waals surface area contributed by atoms with Crippen molar-refractivity contribution < 1.29 is 14.3 Å². The van der Waals surface area contributed by atoms with Crippen LogP contribution in [0.25, 0.3) is 0 Å². The fourth-order valence-corrected chi connectivity index (χ4v) is 2.35. The minimum atomic E-state index is -0.610. The normalized spacial score (nSPS) is 20.2. The van der Waals surface area contributed by atoms with E-state index in [2.05, 4.69) is 5.32 Å². The van der Waals surface area contributed by atoms with Crippen LogP contribution in [0.15, 0.2) is 0 Å². The number of hydrogen-bond acceptors (Lipinski definition) is 4. The van der Waals surface area contributed by atoms with Crippen molar-refractivity contribution in [2.24, 2.45) is 0 Å². The Hall–Kier alpha value is -0.610. The topological polar surface area (TPSA) is 47.6 Å². The van der Waals surface area contributed by atoms with Crippen molar-refractivity contribution in [3.63, 3.8) is 0 Å². The van der Waals surface area contributed by atoms with Crippen molar-refractivity contribution in [1.29, 1.82) is 0 Å². The third-order valence-corrected chi connectivity index (χ3v) is 3.41. The van der Waals surface area contributed by atoms with Crippen LogP contribution < -0.4 is 5.32 Å². The molecule has 0 spiro atoms. The number of esters is 1. The van der Waals surface area contributed by atoms with E-state index in [4.69, 9.17) is 9.47 Å². The maximum atomic E-state index is 12.0. The number of carbonyl (C=O) groups is 1. The number of rotatable bonds is 7. The third-order valence-electron chi connectivity index (χ3n) is 3.41. The zero-order valence-electron chi connectivity index (χ0n) is 11.3. The van der Waals surface area contributed by atoms with Crippen molar-refractivity contribution in [1.82, 2.24) is 5.32 Å². The summed E-state index contributed by atoms with van der Waals surface area (Å²) in [4.78, 5) is 12.0. The summed E-state index contributed by atoms with van der Waals surface area (Å²) in [6.07, 6.45) is 5.46. The lowest BCUT2D eigenvalue weighted by atomic mass is 9.96. The molecule has 0 aromatic rings. The first kappa shape index (κ1) is 14.5. The second-order valence-corrected chi connectivity index (χ2v) is 4.92. The Kier molecular flexibility index (Phi) is 5.92. The van der Waals surface area contributed by atoms with Gasteiger partial charge >= 0.3 is 5.97 Å². The lowest BCUT2D eigenvalue weighted by Crippen LogP contribution is -2.54. The summed E-state index contributed by atoms with van der Waals surface area (Å²) in [5, 5.41) is 3.46. The molecule has 1 rings (SSSR count). The molecule has 4 heteroatoms. The molecule has 0 aromatic carbocycles. The maximum Gasteiger partial charge on any atom is 0.326 e. The van der Waals surface area contributed by atoms with Gasteiger partial charge in [-0.25, -0.2) is 0 Å². The van der Waals surface area contributed by atoms with E-state index in [9.17, 15) is 4.79 Å². The molecule has 0 bridgehead atoms. The molecule has 1 fully saturated rings. The summed E-state index contributed by atoms with van der Waals surface area (Å²) in [5.74, 6) is -0.163. The Bertz CT molecular complexity index is 239. The van der Waals surface area contributed by atoms with E-state index in [-0.39, 0.29) is 5.97 Å². The monoisotopic (exact) mass is 243 g/mol. The van der Waals surface area contributed by atoms with Crippen LogP contribution in [0.3, 0.4) is 0 Å². The van der Waals surface area contributed by atoms with Gasteiger partial charge in [0.15, 0.2) is 0 Å². The van der Waals surface area contributed by atoms with Crippen LogP contribution in [-0.2, 0) is 14.3 Å². The first-order valence-corrected chi connectivity index (χ1v) is 6.56. The smallest absolute Gasteiger partial charge is 0.326 e. The molecule has 1 saturated carbocycles. The molecule has 0 saturated heterocycles. The summed E-state index contributed by atoms with van der Waals surface area (Å²) in [6.45, 7) is 4.75. The Balaban J connectivity index is 2.58. The zero-order valence-corrected chi connectivity index (χ0v) is 11.3. The Morgan fingerprint density at radius 3 is 2.59 bits per heavy atom. The van der Waals surface area contributed by atoms with E-state index in [1.54, 1.807) is 7.11 Å². The Labute approximate surface area is 104 Å². The average molecular weight is 243 g/mol. The summed E-state index contributed by atoms with van der Waals surface area (Å²) in [7, 11) is 1.65. The molecule has 1 unspecified atom stereocenters. The Morgan fingerprint density at radius 2 is 2.06 bits per heavy atom. The van der Waals surface area contributed by atoms with Gasteiger partial charge in [0.25, 0.3) is 0 Å². The highest BCUT2D eigenvalue weighted by Crippen LogP contribution is 2.22. The molecule has 0 aliphatic heterocycles. The predicted octanol–water partition coefficient (Wildman–Crippen LogP) is 1.88. The third kappa shape index (κ3) is 4.28. The van der Waals surface area contributed by atoms with E-state index in [0.717, 1.165) is 12.8 Å². The first-order valence-electron chi connectivity index (χ1n) is 6.56. The Morgan fingerprint density at radius 1 is 1.41 bits per heavy atom. The maximum absolute atomic E-state index is 12.0. The fourth-order valence-electron chi connectivity index (χ4n) is 2.35. The zero-order chi connectivity index (χ0) is 12.7. The molecule has 0 aromatic heterocycles. The van der Waals surface area contributed by atoms with Gasteiger partial charge in [-0.15, -0.1) is 0 Å². The van der Waals surface area contributed by atoms with E-state index >= 15 is 0 Å². The van der Waals surface area contributed by atoms with Crippen LogP contribution in [0.2, 0.25) is 0 Å². The van der Waals surface area contributed by atoms with Crippen LogP contribution >= 0.6 is 0 Å². The molecule has 0 heterocycles. The number of nitrogens with one attached hydrogen (secondary N) is 1. The molecule has 1 aliphatic rings. The highest BCUT2D eigenvalue weighted by molar-refractivity contribution is 5.80. The lowest BCUT2D eigenvalue weighted by molar-refractivity contribution is -0.151. The fraction of sp³-hybridized carbons (Fsp3) is 0.923. The lowest BCUT2D eigenvalue weighted by Gasteiger charge is -2.31. The summed E-state index contributed by atoms with van der Waals surface area (Å²) >= 11 is 0. The minimum Gasteiger partial charge on any atom is -0.465 e. The van der Waals surface area contributed by atoms with Crippen molar-refractivity contribution >= 4 is 5.97 Å². The van der Waals surface area contributed by atoms with Crippen LogP contribution in [0.5, 0.6) is 0 Å². The van der Waals surface area contributed by atoms with Gasteiger partial charge in [0, 0.05) is 19.8 Å². The number of methoxy groups -OCH3 is 1. The molecular formula is C13H25NO3. The molecule has 1 N–H and O–H groups in total. The van der Waals surface area contributed by atoms with Crippen molar-refractivity contribution in [2.45, 2.75) is 57.5 Å². The second kappa shape index (κ2) is 6.97. The van der Waals surface area contributed by atoms with Gasteiger partial charge in [0.05, 0.1) is 6.61 Å². The SMILES string of the molecule is CCOC(=O)C(C)(CCOC)NC1CCCC1. The highest BCUT2D eigenvalue weighted by Gasteiger charge is 2.36. The number of ether oxygens (including phenoxy) is 2. The molecule has 4 nitrogen and oxygen atoms in total. The molecule has 0 radical (unpaired) electrons. The first-order chi connectivity index (χ1) is 8.12. The van der Waals surface area contributed by atoms with Gasteiger partial charge in [0.1, 0.15) is 5.54 Å². The van der Waals surface area contributed by atoms with E-state index in [0.29, 0.717) is 25.7 Å². The van der Waals surface area contributed by atoms with Crippen LogP contribution in [-0.4, -0.2) is 37.9 Å². The van der Waals surface area contributed by atoms with Gasteiger partial charge in [-0.2, -0.15) is 0 Å². The average Bonchev–Trinajstić information content (AvgIpc) is 2.79.